The van der Waals surface area contributed by atoms with Crippen molar-refractivity contribution in [1.29, 1.82) is 0 Å². The largest absolute Gasteiger partial charge is 0.338 e. The van der Waals surface area contributed by atoms with Gasteiger partial charge in [0.15, 0.2) is 0 Å². The summed E-state index contributed by atoms with van der Waals surface area (Å²) in [7, 11) is 0. The quantitative estimate of drug-likeness (QED) is 0.413. The molecule has 3 aromatic carbocycles. The lowest BCUT2D eigenvalue weighted by Gasteiger charge is -2.32. The van der Waals surface area contributed by atoms with Crippen LogP contribution in [0.25, 0.3) is 22.4 Å². The van der Waals surface area contributed by atoms with E-state index in [9.17, 15) is 9.59 Å². The van der Waals surface area contributed by atoms with Crippen LogP contribution in [0.1, 0.15) is 12.8 Å². The predicted molar refractivity (Wildman–Crippen MR) is 130 cm³/mol. The normalized spacial score (nSPS) is 15.9. The first-order chi connectivity index (χ1) is 16.2. The first-order valence-corrected chi connectivity index (χ1v) is 11.1. The number of nitrogens with one attached hydrogen (secondary N) is 3. The van der Waals surface area contributed by atoms with Crippen LogP contribution in [0.3, 0.4) is 0 Å². The SMILES string of the molecule is O=C(Nc1ccc(-c2nc3ccccc3[nH]2)cc1)C1CCCN(C(=O)Nc2ccccc2)C1. The number of aromatic amines is 1. The minimum Gasteiger partial charge on any atom is -0.338 e. The molecule has 2 heterocycles. The van der Waals surface area contributed by atoms with E-state index >= 15 is 0 Å². The summed E-state index contributed by atoms with van der Waals surface area (Å²) in [4.78, 5) is 35.1. The highest BCUT2D eigenvalue weighted by Crippen LogP contribution is 2.24. The van der Waals surface area contributed by atoms with Gasteiger partial charge in [-0.05, 0) is 61.4 Å². The number of carbonyl (C=O) groups excluding carboxylic acids is 2. The number of urea groups is 1. The lowest BCUT2D eigenvalue weighted by molar-refractivity contribution is -0.121. The molecule has 3 N–H and O–H groups in total. The topological polar surface area (TPSA) is 90.1 Å². The van der Waals surface area contributed by atoms with Crippen molar-refractivity contribution in [3.63, 3.8) is 0 Å². The fourth-order valence-corrected chi connectivity index (χ4v) is 4.14. The van der Waals surface area contributed by atoms with Gasteiger partial charge in [-0.25, -0.2) is 9.78 Å². The third-order valence-corrected chi connectivity index (χ3v) is 5.92. The van der Waals surface area contributed by atoms with Gasteiger partial charge in [0.25, 0.3) is 0 Å². The van der Waals surface area contributed by atoms with Gasteiger partial charge in [-0.3, -0.25) is 4.79 Å². The second-order valence-corrected chi connectivity index (χ2v) is 8.25. The molecule has 166 valence electrons. The number of aromatic nitrogens is 2. The summed E-state index contributed by atoms with van der Waals surface area (Å²) >= 11 is 0. The maximum Gasteiger partial charge on any atom is 0.321 e. The molecule has 1 aliphatic rings. The van der Waals surface area contributed by atoms with Crippen LogP contribution < -0.4 is 10.6 Å². The maximum atomic E-state index is 12.9. The number of rotatable bonds is 4. The highest BCUT2D eigenvalue weighted by molar-refractivity contribution is 5.94. The molecule has 1 fully saturated rings. The van der Waals surface area contributed by atoms with Crippen molar-refractivity contribution < 1.29 is 9.59 Å². The molecule has 1 unspecified atom stereocenters. The summed E-state index contributed by atoms with van der Waals surface area (Å²) < 4.78 is 0. The van der Waals surface area contributed by atoms with Crippen molar-refractivity contribution in [2.75, 3.05) is 23.7 Å². The average molecular weight is 440 g/mol. The summed E-state index contributed by atoms with van der Waals surface area (Å²) in [5.74, 6) is 0.487. The Morgan fingerprint density at radius 1 is 0.879 bits per heavy atom. The fraction of sp³-hybridized carbons (Fsp3) is 0.192. The van der Waals surface area contributed by atoms with Crippen LogP contribution in [0, 0.1) is 5.92 Å². The first-order valence-electron chi connectivity index (χ1n) is 11.1. The molecule has 1 atom stereocenters. The molecule has 1 aliphatic heterocycles. The third-order valence-electron chi connectivity index (χ3n) is 5.92. The Morgan fingerprint density at radius 2 is 1.61 bits per heavy atom. The zero-order chi connectivity index (χ0) is 22.6. The number of piperidine rings is 1. The summed E-state index contributed by atoms with van der Waals surface area (Å²) in [5.41, 5.74) is 4.33. The van der Waals surface area contributed by atoms with Crippen molar-refractivity contribution in [3.05, 3.63) is 78.9 Å². The van der Waals surface area contributed by atoms with Gasteiger partial charge in [-0.2, -0.15) is 0 Å². The lowest BCUT2D eigenvalue weighted by Crippen LogP contribution is -2.45. The number of amides is 3. The van der Waals surface area contributed by atoms with Crippen molar-refractivity contribution in [2.45, 2.75) is 12.8 Å². The van der Waals surface area contributed by atoms with E-state index in [1.165, 1.54) is 0 Å². The predicted octanol–water partition coefficient (Wildman–Crippen LogP) is 5.11. The molecule has 0 radical (unpaired) electrons. The van der Waals surface area contributed by atoms with E-state index in [0.29, 0.717) is 13.1 Å². The van der Waals surface area contributed by atoms with Gasteiger partial charge in [-0.15, -0.1) is 0 Å². The number of hydrogen-bond acceptors (Lipinski definition) is 3. The molecule has 5 rings (SSSR count). The lowest BCUT2D eigenvalue weighted by atomic mass is 9.97. The summed E-state index contributed by atoms with van der Waals surface area (Å²) in [6.45, 7) is 1.05. The first kappa shape index (κ1) is 20.8. The molecule has 0 saturated carbocycles. The van der Waals surface area contributed by atoms with Crippen molar-refractivity contribution in [3.8, 4) is 11.4 Å². The van der Waals surface area contributed by atoms with Gasteiger partial charge in [0.2, 0.25) is 5.91 Å². The molecule has 7 heteroatoms. The Labute approximate surface area is 191 Å². The molecule has 0 spiro atoms. The zero-order valence-corrected chi connectivity index (χ0v) is 18.1. The van der Waals surface area contributed by atoms with Crippen LogP contribution in [0.5, 0.6) is 0 Å². The van der Waals surface area contributed by atoms with Crippen LogP contribution >= 0.6 is 0 Å². The highest BCUT2D eigenvalue weighted by atomic mass is 16.2. The van der Waals surface area contributed by atoms with Crippen molar-refractivity contribution in [1.82, 2.24) is 14.9 Å². The second kappa shape index (κ2) is 9.16. The molecule has 0 aliphatic carbocycles. The molecule has 1 aromatic heterocycles. The molecule has 4 aromatic rings. The number of nitrogens with zero attached hydrogens (tertiary/aromatic N) is 2. The Hall–Kier alpha value is -4.13. The molecule has 7 nitrogen and oxygen atoms in total. The van der Waals surface area contributed by atoms with Crippen LogP contribution in [0.2, 0.25) is 0 Å². The third kappa shape index (κ3) is 4.72. The smallest absolute Gasteiger partial charge is 0.321 e. The fourth-order valence-electron chi connectivity index (χ4n) is 4.14. The summed E-state index contributed by atoms with van der Waals surface area (Å²) in [5, 5.41) is 5.90. The van der Waals surface area contributed by atoms with E-state index in [2.05, 4.69) is 20.6 Å². The number of benzene rings is 3. The Kier molecular flexibility index (Phi) is 5.76. The van der Waals surface area contributed by atoms with E-state index in [0.717, 1.165) is 46.6 Å². The number of carbonyl (C=O) groups is 2. The van der Waals surface area contributed by atoms with Gasteiger partial charge in [0.05, 0.1) is 17.0 Å². The minimum absolute atomic E-state index is 0.0660. The average Bonchev–Trinajstić information content (AvgIpc) is 3.29. The summed E-state index contributed by atoms with van der Waals surface area (Å²) in [6.07, 6.45) is 1.56. The minimum atomic E-state index is -0.240. The summed E-state index contributed by atoms with van der Waals surface area (Å²) in [6, 6.07) is 24.7. The standard InChI is InChI=1S/C26H25N5O2/c32-25(19-7-6-16-31(17-19)26(33)28-20-8-2-1-3-9-20)27-21-14-12-18(13-15-21)24-29-22-10-4-5-11-23(22)30-24/h1-5,8-15,19H,6-7,16-17H2,(H,27,32)(H,28,33)(H,29,30). The van der Waals surface area contributed by atoms with E-state index in [-0.39, 0.29) is 17.9 Å². The van der Waals surface area contributed by atoms with Crippen LogP contribution in [-0.2, 0) is 4.79 Å². The number of H-pyrrole nitrogens is 1. The highest BCUT2D eigenvalue weighted by Gasteiger charge is 2.28. The van der Waals surface area contributed by atoms with Crippen molar-refractivity contribution >= 4 is 34.3 Å². The van der Waals surface area contributed by atoms with Crippen LogP contribution in [0.4, 0.5) is 16.2 Å². The van der Waals surface area contributed by atoms with E-state index in [4.69, 9.17) is 0 Å². The number of para-hydroxylation sites is 3. The number of hydrogen-bond donors (Lipinski definition) is 3. The van der Waals surface area contributed by atoms with Crippen molar-refractivity contribution in [2.24, 2.45) is 5.92 Å². The second-order valence-electron chi connectivity index (χ2n) is 8.25. The monoisotopic (exact) mass is 439 g/mol. The van der Waals surface area contributed by atoms with E-state index in [1.54, 1.807) is 4.90 Å². The van der Waals surface area contributed by atoms with Gasteiger partial charge in [-0.1, -0.05) is 30.3 Å². The number of likely N-dealkylation sites (tertiary alicyclic amines) is 1. The molecular weight excluding hydrogens is 414 g/mol. The number of imidazole rings is 1. The Morgan fingerprint density at radius 3 is 2.39 bits per heavy atom. The van der Waals surface area contributed by atoms with E-state index in [1.807, 2.05) is 78.9 Å². The molecule has 0 bridgehead atoms. The van der Waals surface area contributed by atoms with Gasteiger partial charge in [0.1, 0.15) is 5.82 Å². The molecule has 3 amide bonds. The zero-order valence-electron chi connectivity index (χ0n) is 18.1. The Bertz CT molecular complexity index is 1230. The van der Waals surface area contributed by atoms with Crippen LogP contribution in [0.15, 0.2) is 78.9 Å². The Balaban J connectivity index is 1.20. The number of fused-ring (bicyclic) bond motifs is 1. The van der Waals surface area contributed by atoms with Gasteiger partial charge in [0, 0.05) is 30.0 Å². The maximum absolute atomic E-state index is 12.9. The van der Waals surface area contributed by atoms with Gasteiger partial charge < -0.3 is 20.5 Å². The van der Waals surface area contributed by atoms with Crippen LogP contribution in [-0.4, -0.2) is 39.9 Å². The number of anilines is 2. The van der Waals surface area contributed by atoms with Gasteiger partial charge >= 0.3 is 6.03 Å². The molecular formula is C26H25N5O2. The molecule has 33 heavy (non-hydrogen) atoms. The van der Waals surface area contributed by atoms with E-state index < -0.39 is 0 Å². The molecule has 1 saturated heterocycles.